The van der Waals surface area contributed by atoms with Gasteiger partial charge in [0.2, 0.25) is 0 Å². The molecular formula is C13H9Cl2NO4. The maximum atomic E-state index is 12.0. The maximum Gasteiger partial charge on any atom is 0.337 e. The molecule has 1 aromatic carbocycles. The normalized spacial score (nSPS) is 10.3. The summed E-state index contributed by atoms with van der Waals surface area (Å²) in [7, 11) is 0. The molecule has 0 fully saturated rings. The van der Waals surface area contributed by atoms with Gasteiger partial charge in [0.25, 0.3) is 5.91 Å². The highest BCUT2D eigenvalue weighted by molar-refractivity contribution is 6.38. The number of nitrogens with one attached hydrogen (secondary N) is 1. The highest BCUT2D eigenvalue weighted by atomic mass is 35.5. The Balaban J connectivity index is 2.38. The summed E-state index contributed by atoms with van der Waals surface area (Å²) in [4.78, 5) is 23.1. The lowest BCUT2D eigenvalue weighted by Crippen LogP contribution is -2.14. The van der Waals surface area contributed by atoms with E-state index in [0.29, 0.717) is 5.76 Å². The lowest BCUT2D eigenvalue weighted by Gasteiger charge is -2.10. The van der Waals surface area contributed by atoms with Crippen LogP contribution in [0.5, 0.6) is 0 Å². The molecule has 0 aliphatic heterocycles. The number of aryl methyl sites for hydroxylation is 1. The molecule has 5 nitrogen and oxygen atoms in total. The van der Waals surface area contributed by atoms with Crippen molar-refractivity contribution < 1.29 is 19.1 Å². The molecule has 2 aromatic rings. The van der Waals surface area contributed by atoms with Gasteiger partial charge in [-0.3, -0.25) is 4.79 Å². The van der Waals surface area contributed by atoms with Gasteiger partial charge in [-0.1, -0.05) is 23.2 Å². The fourth-order valence-corrected chi connectivity index (χ4v) is 2.16. The molecule has 1 heterocycles. The number of anilines is 1. The average Bonchev–Trinajstić information content (AvgIpc) is 2.78. The van der Waals surface area contributed by atoms with E-state index in [1.165, 1.54) is 24.5 Å². The van der Waals surface area contributed by atoms with Gasteiger partial charge in [0.15, 0.2) is 0 Å². The third-order valence-corrected chi connectivity index (χ3v) is 3.03. The number of carbonyl (C=O) groups excluding carboxylic acids is 1. The van der Waals surface area contributed by atoms with E-state index >= 15 is 0 Å². The summed E-state index contributed by atoms with van der Waals surface area (Å²) >= 11 is 11.7. The van der Waals surface area contributed by atoms with E-state index in [9.17, 15) is 9.59 Å². The molecule has 0 spiro atoms. The number of carbonyl (C=O) groups is 2. The van der Waals surface area contributed by atoms with Gasteiger partial charge in [-0.2, -0.15) is 0 Å². The van der Waals surface area contributed by atoms with Gasteiger partial charge in [0.05, 0.1) is 21.8 Å². The number of carboxylic acids is 1. The van der Waals surface area contributed by atoms with Crippen LogP contribution in [0.15, 0.2) is 28.9 Å². The number of hydrogen-bond donors (Lipinski definition) is 2. The number of benzene rings is 1. The van der Waals surface area contributed by atoms with Crippen LogP contribution in [-0.4, -0.2) is 17.0 Å². The number of aromatic carboxylic acids is 1. The Labute approximate surface area is 124 Å². The SMILES string of the molecule is Cc1cc(C(=O)Nc2c(Cl)cc(Cl)cc2C(=O)O)co1. The number of amides is 1. The van der Waals surface area contributed by atoms with E-state index < -0.39 is 11.9 Å². The van der Waals surface area contributed by atoms with Crippen LogP contribution in [0.3, 0.4) is 0 Å². The maximum absolute atomic E-state index is 12.0. The smallest absolute Gasteiger partial charge is 0.337 e. The third kappa shape index (κ3) is 2.95. The highest BCUT2D eigenvalue weighted by Gasteiger charge is 2.18. The van der Waals surface area contributed by atoms with Crippen molar-refractivity contribution in [3.8, 4) is 0 Å². The van der Waals surface area contributed by atoms with Gasteiger partial charge in [0, 0.05) is 5.02 Å². The van der Waals surface area contributed by atoms with Crippen molar-refractivity contribution in [1.82, 2.24) is 0 Å². The topological polar surface area (TPSA) is 79.5 Å². The largest absolute Gasteiger partial charge is 0.478 e. The molecule has 104 valence electrons. The molecule has 1 aromatic heterocycles. The average molecular weight is 314 g/mol. The van der Waals surface area contributed by atoms with Crippen LogP contribution in [0.4, 0.5) is 5.69 Å². The predicted octanol–water partition coefficient (Wildman–Crippen LogP) is 3.85. The van der Waals surface area contributed by atoms with Crippen molar-refractivity contribution in [3.05, 3.63) is 51.4 Å². The second-order valence-corrected chi connectivity index (χ2v) is 4.86. The van der Waals surface area contributed by atoms with Crippen LogP contribution in [0.25, 0.3) is 0 Å². The summed E-state index contributed by atoms with van der Waals surface area (Å²) < 4.78 is 5.02. The van der Waals surface area contributed by atoms with E-state index in [-0.39, 0.29) is 26.9 Å². The van der Waals surface area contributed by atoms with E-state index in [1.807, 2.05) is 0 Å². The van der Waals surface area contributed by atoms with Crippen LogP contribution in [-0.2, 0) is 0 Å². The quantitative estimate of drug-likeness (QED) is 0.902. The molecule has 2 rings (SSSR count). The third-order valence-electron chi connectivity index (χ3n) is 2.52. The number of halogens is 2. The molecule has 2 N–H and O–H groups in total. The summed E-state index contributed by atoms with van der Waals surface area (Å²) in [5.74, 6) is -1.20. The van der Waals surface area contributed by atoms with E-state index in [0.717, 1.165) is 0 Å². The first kappa shape index (κ1) is 14.4. The van der Waals surface area contributed by atoms with Gasteiger partial charge in [-0.15, -0.1) is 0 Å². The molecule has 20 heavy (non-hydrogen) atoms. The van der Waals surface area contributed by atoms with Crippen LogP contribution < -0.4 is 5.32 Å². The zero-order valence-corrected chi connectivity index (χ0v) is 11.7. The summed E-state index contributed by atoms with van der Waals surface area (Å²) in [5.41, 5.74) is 0.0772. The molecule has 0 radical (unpaired) electrons. The Morgan fingerprint density at radius 3 is 2.50 bits per heavy atom. The Hall–Kier alpha value is -1.98. The van der Waals surface area contributed by atoms with Crippen LogP contribution in [0, 0.1) is 6.92 Å². The fourth-order valence-electron chi connectivity index (χ4n) is 1.62. The minimum Gasteiger partial charge on any atom is -0.478 e. The Morgan fingerprint density at radius 2 is 1.95 bits per heavy atom. The molecule has 0 aliphatic rings. The van der Waals surface area contributed by atoms with Crippen molar-refractivity contribution in [2.24, 2.45) is 0 Å². The standard InChI is InChI=1S/C13H9Cl2NO4/c1-6-2-7(5-20-6)12(17)16-11-9(13(18)19)3-8(14)4-10(11)15/h2-5H,1H3,(H,16,17)(H,18,19). The minimum absolute atomic E-state index is 0.00702. The molecule has 0 saturated heterocycles. The first-order chi connectivity index (χ1) is 9.38. The predicted molar refractivity (Wildman–Crippen MR) is 74.8 cm³/mol. The molecule has 0 bridgehead atoms. The van der Waals surface area contributed by atoms with Crippen molar-refractivity contribution in [1.29, 1.82) is 0 Å². The lowest BCUT2D eigenvalue weighted by molar-refractivity contribution is 0.0698. The number of furan rings is 1. The number of hydrogen-bond acceptors (Lipinski definition) is 3. The number of rotatable bonds is 3. The summed E-state index contributed by atoms with van der Waals surface area (Å²) in [6.45, 7) is 1.69. The van der Waals surface area contributed by atoms with E-state index in [4.69, 9.17) is 32.7 Å². The molecule has 1 amide bonds. The first-order valence-electron chi connectivity index (χ1n) is 5.47. The second-order valence-electron chi connectivity index (χ2n) is 4.02. The van der Waals surface area contributed by atoms with Crippen LogP contribution in [0.2, 0.25) is 10.0 Å². The summed E-state index contributed by atoms with van der Waals surface area (Å²) in [6.07, 6.45) is 1.27. The monoisotopic (exact) mass is 313 g/mol. The zero-order chi connectivity index (χ0) is 14.9. The van der Waals surface area contributed by atoms with Gasteiger partial charge in [-0.25, -0.2) is 4.79 Å². The van der Waals surface area contributed by atoms with Crippen molar-refractivity contribution >= 4 is 40.8 Å². The van der Waals surface area contributed by atoms with Gasteiger partial charge in [-0.05, 0) is 25.1 Å². The van der Waals surface area contributed by atoms with Gasteiger partial charge < -0.3 is 14.8 Å². The van der Waals surface area contributed by atoms with E-state index in [2.05, 4.69) is 5.32 Å². The number of carboxylic acid groups (broad SMARTS) is 1. The van der Waals surface area contributed by atoms with Crippen molar-refractivity contribution in [2.45, 2.75) is 6.92 Å². The lowest BCUT2D eigenvalue weighted by atomic mass is 10.1. The highest BCUT2D eigenvalue weighted by Crippen LogP contribution is 2.30. The second kappa shape index (κ2) is 5.56. The molecule has 0 unspecified atom stereocenters. The van der Waals surface area contributed by atoms with Gasteiger partial charge >= 0.3 is 5.97 Å². The Kier molecular flexibility index (Phi) is 4.01. The molecule has 7 heteroatoms. The minimum atomic E-state index is -1.24. The fraction of sp³-hybridized carbons (Fsp3) is 0.0769. The van der Waals surface area contributed by atoms with Crippen molar-refractivity contribution in [2.75, 3.05) is 5.32 Å². The Morgan fingerprint density at radius 1 is 1.25 bits per heavy atom. The molecule has 0 atom stereocenters. The zero-order valence-electron chi connectivity index (χ0n) is 10.2. The van der Waals surface area contributed by atoms with Crippen LogP contribution >= 0.6 is 23.2 Å². The summed E-state index contributed by atoms with van der Waals surface area (Å²) in [5, 5.41) is 11.8. The Bertz CT molecular complexity index is 694. The molecule has 0 saturated carbocycles. The van der Waals surface area contributed by atoms with E-state index in [1.54, 1.807) is 6.92 Å². The van der Waals surface area contributed by atoms with Crippen LogP contribution in [0.1, 0.15) is 26.5 Å². The molecule has 0 aliphatic carbocycles. The van der Waals surface area contributed by atoms with Gasteiger partial charge in [0.1, 0.15) is 12.0 Å². The van der Waals surface area contributed by atoms with Crippen molar-refractivity contribution in [3.63, 3.8) is 0 Å². The molecular weight excluding hydrogens is 305 g/mol. The summed E-state index contributed by atoms with van der Waals surface area (Å²) in [6, 6.07) is 4.09. The first-order valence-corrected chi connectivity index (χ1v) is 6.23.